The highest BCUT2D eigenvalue weighted by Crippen LogP contribution is 2.32. The van der Waals surface area contributed by atoms with Crippen molar-refractivity contribution in [3.63, 3.8) is 0 Å². The SMILES string of the molecule is CCOc1ccc(C(=O)N(CCC(C)C)C2CC2)cc1OC. The minimum atomic E-state index is 0.101. The van der Waals surface area contributed by atoms with Gasteiger partial charge in [-0.25, -0.2) is 0 Å². The number of methoxy groups -OCH3 is 1. The van der Waals surface area contributed by atoms with E-state index in [-0.39, 0.29) is 5.91 Å². The summed E-state index contributed by atoms with van der Waals surface area (Å²) in [5.74, 6) is 2.00. The largest absolute Gasteiger partial charge is 0.493 e. The van der Waals surface area contributed by atoms with Crippen LogP contribution in [-0.2, 0) is 0 Å². The third-order valence-electron chi connectivity index (χ3n) is 3.91. The van der Waals surface area contributed by atoms with E-state index in [0.29, 0.717) is 35.6 Å². The first-order valence-corrected chi connectivity index (χ1v) is 8.18. The van der Waals surface area contributed by atoms with Crippen LogP contribution >= 0.6 is 0 Å². The summed E-state index contributed by atoms with van der Waals surface area (Å²) < 4.78 is 10.9. The van der Waals surface area contributed by atoms with Crippen LogP contribution in [0.3, 0.4) is 0 Å². The quantitative estimate of drug-likeness (QED) is 0.734. The smallest absolute Gasteiger partial charge is 0.254 e. The molecule has 0 aliphatic heterocycles. The fourth-order valence-electron chi connectivity index (χ4n) is 2.47. The summed E-state index contributed by atoms with van der Waals surface area (Å²) in [7, 11) is 1.60. The van der Waals surface area contributed by atoms with Gasteiger partial charge in [0.15, 0.2) is 11.5 Å². The van der Waals surface area contributed by atoms with E-state index in [4.69, 9.17) is 9.47 Å². The first-order valence-electron chi connectivity index (χ1n) is 8.18. The zero-order valence-corrected chi connectivity index (χ0v) is 14.1. The van der Waals surface area contributed by atoms with Crippen LogP contribution in [0.15, 0.2) is 18.2 Å². The maximum Gasteiger partial charge on any atom is 0.254 e. The molecular weight excluding hydrogens is 278 g/mol. The van der Waals surface area contributed by atoms with Crippen LogP contribution < -0.4 is 9.47 Å². The number of ether oxygens (including phenoxy) is 2. The number of carbonyl (C=O) groups excluding carboxylic acids is 1. The third-order valence-corrected chi connectivity index (χ3v) is 3.91. The molecule has 0 saturated heterocycles. The van der Waals surface area contributed by atoms with E-state index in [1.165, 1.54) is 0 Å². The van der Waals surface area contributed by atoms with E-state index in [9.17, 15) is 4.79 Å². The summed E-state index contributed by atoms with van der Waals surface area (Å²) in [4.78, 5) is 14.8. The van der Waals surface area contributed by atoms with Gasteiger partial charge in [0.1, 0.15) is 0 Å². The molecule has 0 spiro atoms. The Bertz CT molecular complexity index is 509. The molecule has 1 aromatic carbocycles. The summed E-state index contributed by atoms with van der Waals surface area (Å²) >= 11 is 0. The predicted octanol–water partition coefficient (Wildman–Crippen LogP) is 3.74. The molecule has 4 heteroatoms. The number of hydrogen-bond donors (Lipinski definition) is 0. The molecule has 1 fully saturated rings. The van der Waals surface area contributed by atoms with E-state index in [1.54, 1.807) is 13.2 Å². The van der Waals surface area contributed by atoms with Crippen molar-refractivity contribution >= 4 is 5.91 Å². The average Bonchev–Trinajstić information content (AvgIpc) is 3.32. The molecule has 0 N–H and O–H groups in total. The molecule has 122 valence electrons. The fraction of sp³-hybridized carbons (Fsp3) is 0.611. The van der Waals surface area contributed by atoms with Crippen molar-refractivity contribution in [2.24, 2.45) is 5.92 Å². The minimum absolute atomic E-state index is 0.101. The van der Waals surface area contributed by atoms with Crippen LogP contribution in [0.1, 0.15) is 50.4 Å². The number of amides is 1. The third kappa shape index (κ3) is 4.15. The molecule has 1 aliphatic rings. The monoisotopic (exact) mass is 305 g/mol. The van der Waals surface area contributed by atoms with Gasteiger partial charge in [0.25, 0.3) is 5.91 Å². The Labute approximate surface area is 133 Å². The van der Waals surface area contributed by atoms with Crippen molar-refractivity contribution in [3.8, 4) is 11.5 Å². The molecular formula is C18H27NO3. The summed E-state index contributed by atoms with van der Waals surface area (Å²) in [6.45, 7) is 7.72. The van der Waals surface area contributed by atoms with E-state index in [1.807, 2.05) is 24.0 Å². The number of benzene rings is 1. The Balaban J connectivity index is 2.15. The number of carbonyl (C=O) groups is 1. The normalized spacial score (nSPS) is 14.0. The Hall–Kier alpha value is -1.71. The maximum atomic E-state index is 12.8. The zero-order valence-electron chi connectivity index (χ0n) is 14.1. The fourth-order valence-corrected chi connectivity index (χ4v) is 2.47. The number of nitrogens with zero attached hydrogens (tertiary/aromatic N) is 1. The highest BCUT2D eigenvalue weighted by Gasteiger charge is 2.33. The first kappa shape index (κ1) is 16.7. The van der Waals surface area contributed by atoms with E-state index in [0.717, 1.165) is 25.8 Å². The van der Waals surface area contributed by atoms with Gasteiger partial charge < -0.3 is 14.4 Å². The van der Waals surface area contributed by atoms with Gasteiger partial charge in [-0.15, -0.1) is 0 Å². The Kier molecular flexibility index (Phi) is 5.69. The van der Waals surface area contributed by atoms with Gasteiger partial charge in [-0.1, -0.05) is 13.8 Å². The van der Waals surface area contributed by atoms with Crippen LogP contribution in [0.25, 0.3) is 0 Å². The summed E-state index contributed by atoms with van der Waals surface area (Å²) in [5.41, 5.74) is 0.677. The molecule has 0 atom stereocenters. The molecule has 2 rings (SSSR count). The topological polar surface area (TPSA) is 38.8 Å². The molecule has 1 aliphatic carbocycles. The molecule has 0 radical (unpaired) electrons. The van der Waals surface area contributed by atoms with E-state index < -0.39 is 0 Å². The van der Waals surface area contributed by atoms with Crippen molar-refractivity contribution in [1.29, 1.82) is 0 Å². The first-order chi connectivity index (χ1) is 10.6. The number of hydrogen-bond acceptors (Lipinski definition) is 3. The second kappa shape index (κ2) is 7.52. The van der Waals surface area contributed by atoms with Gasteiger partial charge in [0, 0.05) is 18.2 Å². The average molecular weight is 305 g/mol. The molecule has 0 unspecified atom stereocenters. The standard InChI is InChI=1S/C18H27NO3/c1-5-22-16-9-6-14(12-17(16)21-4)18(20)19(15-7-8-15)11-10-13(2)3/h6,9,12-13,15H,5,7-8,10-11H2,1-4H3. The minimum Gasteiger partial charge on any atom is -0.493 e. The van der Waals surface area contributed by atoms with E-state index >= 15 is 0 Å². The number of rotatable bonds is 8. The lowest BCUT2D eigenvalue weighted by Crippen LogP contribution is -2.34. The highest BCUT2D eigenvalue weighted by atomic mass is 16.5. The predicted molar refractivity (Wildman–Crippen MR) is 87.7 cm³/mol. The van der Waals surface area contributed by atoms with Crippen molar-refractivity contribution in [2.75, 3.05) is 20.3 Å². The summed E-state index contributed by atoms with van der Waals surface area (Å²) in [5, 5.41) is 0. The zero-order chi connectivity index (χ0) is 16.1. The molecule has 1 amide bonds. The molecule has 0 bridgehead atoms. The van der Waals surface area contributed by atoms with Gasteiger partial charge in [-0.05, 0) is 50.3 Å². The van der Waals surface area contributed by atoms with Crippen molar-refractivity contribution in [1.82, 2.24) is 4.90 Å². The van der Waals surface area contributed by atoms with Crippen LogP contribution in [0, 0.1) is 5.92 Å². The molecule has 0 aromatic heterocycles. The summed E-state index contributed by atoms with van der Waals surface area (Å²) in [6.07, 6.45) is 3.28. The molecule has 1 saturated carbocycles. The molecule has 22 heavy (non-hydrogen) atoms. The lowest BCUT2D eigenvalue weighted by Gasteiger charge is -2.24. The van der Waals surface area contributed by atoms with Crippen LogP contribution in [0.4, 0.5) is 0 Å². The van der Waals surface area contributed by atoms with Gasteiger partial charge in [-0.3, -0.25) is 4.79 Å². The lowest BCUT2D eigenvalue weighted by atomic mass is 10.1. The van der Waals surface area contributed by atoms with Crippen molar-refractivity contribution in [3.05, 3.63) is 23.8 Å². The highest BCUT2D eigenvalue weighted by molar-refractivity contribution is 5.95. The van der Waals surface area contributed by atoms with Crippen LogP contribution in [-0.4, -0.2) is 37.1 Å². The van der Waals surface area contributed by atoms with Crippen molar-refractivity contribution in [2.45, 2.75) is 46.1 Å². The van der Waals surface area contributed by atoms with E-state index in [2.05, 4.69) is 13.8 Å². The van der Waals surface area contributed by atoms with Gasteiger partial charge in [0.2, 0.25) is 0 Å². The van der Waals surface area contributed by atoms with Gasteiger partial charge in [0.05, 0.1) is 13.7 Å². The van der Waals surface area contributed by atoms with Crippen LogP contribution in [0.2, 0.25) is 0 Å². The summed E-state index contributed by atoms with van der Waals surface area (Å²) in [6, 6.07) is 5.87. The van der Waals surface area contributed by atoms with Gasteiger partial charge in [-0.2, -0.15) is 0 Å². The molecule has 4 nitrogen and oxygen atoms in total. The Morgan fingerprint density at radius 1 is 1.32 bits per heavy atom. The Morgan fingerprint density at radius 2 is 2.05 bits per heavy atom. The second-order valence-electron chi connectivity index (χ2n) is 6.21. The second-order valence-corrected chi connectivity index (χ2v) is 6.21. The lowest BCUT2D eigenvalue weighted by molar-refractivity contribution is 0.0735. The van der Waals surface area contributed by atoms with Crippen molar-refractivity contribution < 1.29 is 14.3 Å². The van der Waals surface area contributed by atoms with Gasteiger partial charge >= 0.3 is 0 Å². The molecule has 1 aromatic rings. The Morgan fingerprint density at radius 3 is 2.59 bits per heavy atom. The van der Waals surface area contributed by atoms with Crippen LogP contribution in [0.5, 0.6) is 11.5 Å². The molecule has 0 heterocycles. The maximum absolute atomic E-state index is 12.8.